The molecule has 0 aromatic rings. The van der Waals surface area contributed by atoms with Crippen molar-refractivity contribution in [3.63, 3.8) is 0 Å². The molecule has 0 amide bonds. The van der Waals surface area contributed by atoms with E-state index in [1.165, 1.54) is 25.7 Å². The summed E-state index contributed by atoms with van der Waals surface area (Å²) in [5, 5.41) is 0. The summed E-state index contributed by atoms with van der Waals surface area (Å²) in [4.78, 5) is 1.65. The number of unbranched alkanes of at least 4 members (excludes halogenated alkanes) is 2. The molecule has 2 unspecified atom stereocenters. The summed E-state index contributed by atoms with van der Waals surface area (Å²) in [5.41, 5.74) is 0. The summed E-state index contributed by atoms with van der Waals surface area (Å²) in [6.45, 7) is 3.05. The Morgan fingerprint density at radius 2 is 2.31 bits per heavy atom. The molecule has 2 nitrogen and oxygen atoms in total. The molecule has 0 aromatic carbocycles. The normalized spacial score (nSPS) is 23.8. The van der Waals surface area contributed by atoms with Gasteiger partial charge >= 0.3 is 107 Å². The van der Waals surface area contributed by atoms with Crippen molar-refractivity contribution in [1.29, 1.82) is 0 Å². The van der Waals surface area contributed by atoms with Gasteiger partial charge in [-0.25, -0.2) is 0 Å². The summed E-state index contributed by atoms with van der Waals surface area (Å²) in [5.74, 6) is 0. The Bertz CT molecular complexity index is 188. The Kier molecular flexibility index (Phi) is 8.22. The first-order valence-electron chi connectivity index (χ1n) is 6.36. The van der Waals surface area contributed by atoms with E-state index >= 15 is 0 Å². The van der Waals surface area contributed by atoms with Gasteiger partial charge in [-0.05, 0) is 0 Å². The van der Waals surface area contributed by atoms with E-state index in [1.807, 2.05) is 6.08 Å². The molecule has 0 N–H and O–H groups in total. The molecule has 1 fully saturated rings. The monoisotopic (exact) mass is 274 g/mol. The average Bonchev–Trinajstić information content (AvgIpc) is 2.31. The zero-order valence-electron chi connectivity index (χ0n) is 10.1. The Balaban J connectivity index is 2.25. The Hall–Kier alpha value is 0.179. The fourth-order valence-electron chi connectivity index (χ4n) is 1.88. The molecular formula is C13H23CuO2. The van der Waals surface area contributed by atoms with Crippen molar-refractivity contribution in [1.82, 2.24) is 0 Å². The van der Waals surface area contributed by atoms with Crippen molar-refractivity contribution in [2.75, 3.05) is 6.61 Å². The third-order valence-electron chi connectivity index (χ3n) is 2.83. The van der Waals surface area contributed by atoms with Crippen LogP contribution in [0.2, 0.25) is 0 Å². The van der Waals surface area contributed by atoms with E-state index in [0.717, 1.165) is 25.9 Å². The molecule has 2 atom stereocenters. The third kappa shape index (κ3) is 6.05. The van der Waals surface area contributed by atoms with Gasteiger partial charge in [0.15, 0.2) is 0 Å². The molecule has 0 spiro atoms. The topological polar surface area (TPSA) is 18.5 Å². The summed E-state index contributed by atoms with van der Waals surface area (Å²) in [6, 6.07) is 0. The quantitative estimate of drug-likeness (QED) is 0.522. The van der Waals surface area contributed by atoms with Gasteiger partial charge in [-0.3, -0.25) is 0 Å². The Morgan fingerprint density at radius 3 is 2.94 bits per heavy atom. The van der Waals surface area contributed by atoms with Crippen molar-refractivity contribution in [2.45, 2.75) is 64.3 Å². The van der Waals surface area contributed by atoms with Gasteiger partial charge in [-0.2, -0.15) is 0 Å². The zero-order chi connectivity index (χ0) is 11.6. The van der Waals surface area contributed by atoms with Crippen LogP contribution in [-0.2, 0) is 25.5 Å². The second-order valence-corrected chi connectivity index (χ2v) is 4.57. The Morgan fingerprint density at radius 1 is 1.44 bits per heavy atom. The molecule has 1 aliphatic heterocycles. The molecule has 3 heteroatoms. The van der Waals surface area contributed by atoms with Gasteiger partial charge in [-0.1, -0.05) is 0 Å². The van der Waals surface area contributed by atoms with Gasteiger partial charge in [0, 0.05) is 0 Å². The van der Waals surface area contributed by atoms with E-state index in [1.54, 1.807) is 4.97 Å². The predicted molar refractivity (Wildman–Crippen MR) is 61.7 cm³/mol. The van der Waals surface area contributed by atoms with Crippen molar-refractivity contribution >= 4 is 0 Å². The van der Waals surface area contributed by atoms with E-state index in [4.69, 9.17) is 25.5 Å². The molecule has 1 aliphatic rings. The van der Waals surface area contributed by atoms with Crippen molar-refractivity contribution < 1.29 is 25.5 Å². The second-order valence-electron chi connectivity index (χ2n) is 4.26. The molecule has 1 heterocycles. The van der Waals surface area contributed by atoms with E-state index in [9.17, 15) is 0 Å². The fraction of sp³-hybridized carbons (Fsp3) is 0.846. The van der Waals surface area contributed by atoms with Crippen LogP contribution in [0.5, 0.6) is 0 Å². The molecule has 16 heavy (non-hydrogen) atoms. The first kappa shape index (κ1) is 14.2. The standard InChI is InChI=1S/C13H23O2.Cu/c1-3-5-6-9-12(4-2)15-13-10-7-8-11-14-13;/h2,4,12-13H,3,5-11H2,1H3;. The van der Waals surface area contributed by atoms with Crippen LogP contribution < -0.4 is 0 Å². The van der Waals surface area contributed by atoms with Gasteiger partial charge in [0.25, 0.3) is 0 Å². The Labute approximate surface area is 108 Å². The first-order valence-corrected chi connectivity index (χ1v) is 6.90. The predicted octanol–water partition coefficient (Wildman–Crippen LogP) is 3.54. The third-order valence-corrected chi connectivity index (χ3v) is 3.01. The number of hydrogen-bond acceptors (Lipinski definition) is 2. The summed E-state index contributed by atoms with van der Waals surface area (Å²) < 4.78 is 11.5. The zero-order valence-corrected chi connectivity index (χ0v) is 11.0. The summed E-state index contributed by atoms with van der Waals surface area (Å²) in [6.07, 6.45) is 10.2. The van der Waals surface area contributed by atoms with Gasteiger partial charge in [0.1, 0.15) is 0 Å². The van der Waals surface area contributed by atoms with Crippen LogP contribution in [0.25, 0.3) is 0 Å². The minimum absolute atomic E-state index is 0.0101. The van der Waals surface area contributed by atoms with Gasteiger partial charge in [0.2, 0.25) is 0 Å². The molecule has 98 valence electrons. The average molecular weight is 275 g/mol. The molecule has 0 saturated carbocycles. The number of ether oxygens (including phenoxy) is 2. The van der Waals surface area contributed by atoms with Crippen molar-refractivity contribution in [3.8, 4) is 0 Å². The molecule has 0 bridgehead atoms. The van der Waals surface area contributed by atoms with Gasteiger partial charge in [-0.15, -0.1) is 0 Å². The van der Waals surface area contributed by atoms with Crippen LogP contribution in [0.15, 0.2) is 11.1 Å². The van der Waals surface area contributed by atoms with Crippen LogP contribution in [0, 0.1) is 0 Å². The van der Waals surface area contributed by atoms with E-state index in [0.29, 0.717) is 0 Å². The van der Waals surface area contributed by atoms with E-state index in [2.05, 4.69) is 6.92 Å². The molecular weight excluding hydrogens is 252 g/mol. The van der Waals surface area contributed by atoms with E-state index < -0.39 is 0 Å². The van der Waals surface area contributed by atoms with Gasteiger partial charge < -0.3 is 0 Å². The minimum atomic E-state index is -0.0101. The number of rotatable bonds is 7. The van der Waals surface area contributed by atoms with E-state index in [-0.39, 0.29) is 12.4 Å². The molecule has 0 aromatic heterocycles. The van der Waals surface area contributed by atoms with Gasteiger partial charge in [0.05, 0.1) is 0 Å². The summed E-state index contributed by atoms with van der Waals surface area (Å²) >= 11 is 5.01. The first-order chi connectivity index (χ1) is 7.86. The van der Waals surface area contributed by atoms with Crippen LogP contribution in [0.4, 0.5) is 0 Å². The molecule has 1 rings (SSSR count). The SMILES string of the molecule is CCCCCC(/C=[CH]\[Cu])OC1CCCCO1. The number of hydrogen-bond donors (Lipinski definition) is 0. The maximum atomic E-state index is 5.90. The summed E-state index contributed by atoms with van der Waals surface area (Å²) in [7, 11) is 0. The van der Waals surface area contributed by atoms with Crippen LogP contribution >= 0.6 is 0 Å². The van der Waals surface area contributed by atoms with Crippen LogP contribution in [0.1, 0.15) is 51.9 Å². The fourth-order valence-corrected chi connectivity index (χ4v) is 2.09. The van der Waals surface area contributed by atoms with Crippen LogP contribution in [-0.4, -0.2) is 19.0 Å². The van der Waals surface area contributed by atoms with Crippen LogP contribution in [0.3, 0.4) is 0 Å². The maximum absolute atomic E-state index is 5.90. The second kappa shape index (κ2) is 9.23. The molecule has 0 radical (unpaired) electrons. The van der Waals surface area contributed by atoms with Crippen molar-refractivity contribution in [3.05, 3.63) is 11.1 Å². The molecule has 1 saturated heterocycles. The van der Waals surface area contributed by atoms with Crippen molar-refractivity contribution in [2.24, 2.45) is 0 Å². The molecule has 0 aliphatic carbocycles.